The van der Waals surface area contributed by atoms with Gasteiger partial charge in [0, 0.05) is 29.4 Å². The number of carbonyl (C=O) groups is 2. The zero-order valence-electron chi connectivity index (χ0n) is 9.63. The summed E-state index contributed by atoms with van der Waals surface area (Å²) in [7, 11) is -1.21. The summed E-state index contributed by atoms with van der Waals surface area (Å²) in [5.41, 5.74) is -3.37. The van der Waals surface area contributed by atoms with Crippen LogP contribution < -0.4 is 10.6 Å². The topological polar surface area (TPSA) is 95.5 Å². The van der Waals surface area contributed by atoms with Crippen LogP contribution in [0.4, 0.5) is 18.0 Å². The standard InChI is InChI=1S/C8H13F3N2O4S/c1-7(5(14)15,8(9,10)11)13-6(16)12-3-4-18(2)17/h3-4H2,1-2H3,(H,14,15)(H2,12,13,16). The van der Waals surface area contributed by atoms with Crippen LogP contribution in [0.25, 0.3) is 0 Å². The van der Waals surface area contributed by atoms with Crippen LogP contribution in [0, 0.1) is 0 Å². The van der Waals surface area contributed by atoms with E-state index in [1.54, 1.807) is 0 Å². The van der Waals surface area contributed by atoms with Gasteiger partial charge in [0.05, 0.1) is 0 Å². The van der Waals surface area contributed by atoms with Crippen LogP contribution in [-0.2, 0) is 15.6 Å². The Bertz CT molecular complexity index is 361. The average molecular weight is 290 g/mol. The van der Waals surface area contributed by atoms with E-state index in [2.05, 4.69) is 0 Å². The first-order valence-corrected chi connectivity index (χ1v) is 6.39. The number of rotatable bonds is 5. The van der Waals surface area contributed by atoms with E-state index in [1.807, 2.05) is 5.32 Å². The van der Waals surface area contributed by atoms with Crippen molar-refractivity contribution in [2.45, 2.75) is 18.6 Å². The van der Waals surface area contributed by atoms with Crippen LogP contribution in [0.1, 0.15) is 6.92 Å². The van der Waals surface area contributed by atoms with E-state index < -0.39 is 34.5 Å². The smallest absolute Gasteiger partial charge is 0.422 e. The zero-order valence-corrected chi connectivity index (χ0v) is 10.4. The molecule has 2 atom stereocenters. The van der Waals surface area contributed by atoms with Crippen molar-refractivity contribution in [2.24, 2.45) is 0 Å². The second-order valence-electron chi connectivity index (χ2n) is 3.59. The fraction of sp³-hybridized carbons (Fsp3) is 0.750. The van der Waals surface area contributed by atoms with Crippen LogP contribution in [0.2, 0.25) is 0 Å². The van der Waals surface area contributed by atoms with Crippen molar-refractivity contribution in [1.29, 1.82) is 0 Å². The van der Waals surface area contributed by atoms with Crippen LogP contribution in [0.15, 0.2) is 0 Å². The molecule has 0 saturated heterocycles. The molecular formula is C8H13F3N2O4S. The van der Waals surface area contributed by atoms with E-state index in [9.17, 15) is 27.0 Å². The molecule has 0 heterocycles. The predicted molar refractivity (Wildman–Crippen MR) is 57.6 cm³/mol. The number of carboxylic acid groups (broad SMARTS) is 1. The Kier molecular flexibility index (Phi) is 5.58. The van der Waals surface area contributed by atoms with Crippen molar-refractivity contribution in [1.82, 2.24) is 10.6 Å². The van der Waals surface area contributed by atoms with Crippen molar-refractivity contribution < 1.29 is 32.1 Å². The first-order chi connectivity index (χ1) is 8.00. The predicted octanol–water partition coefficient (Wildman–Crippen LogP) is 0.0697. The number of alkyl halides is 3. The number of halogens is 3. The Morgan fingerprint density at radius 1 is 1.33 bits per heavy atom. The third-order valence-corrected chi connectivity index (χ3v) is 2.81. The van der Waals surface area contributed by atoms with Crippen molar-refractivity contribution in [3.8, 4) is 0 Å². The molecule has 10 heteroatoms. The van der Waals surface area contributed by atoms with Gasteiger partial charge in [-0.2, -0.15) is 13.2 Å². The molecule has 0 radical (unpaired) electrons. The maximum Gasteiger partial charge on any atom is 0.422 e. The van der Waals surface area contributed by atoms with Crippen LogP contribution in [0.5, 0.6) is 0 Å². The van der Waals surface area contributed by atoms with Crippen LogP contribution in [-0.4, -0.2) is 51.6 Å². The Labute approximate surface area is 103 Å². The molecule has 0 fully saturated rings. The molecule has 2 amide bonds. The Morgan fingerprint density at radius 2 is 1.83 bits per heavy atom. The molecule has 0 aromatic rings. The van der Waals surface area contributed by atoms with E-state index in [4.69, 9.17) is 5.11 Å². The zero-order chi connectivity index (χ0) is 14.6. The molecule has 0 aliphatic rings. The Hall–Kier alpha value is -1.32. The summed E-state index contributed by atoms with van der Waals surface area (Å²) in [6.07, 6.45) is -3.78. The normalized spacial score (nSPS) is 16.5. The third kappa shape index (κ3) is 4.51. The summed E-state index contributed by atoms with van der Waals surface area (Å²) in [5, 5.41) is 11.8. The van der Waals surface area contributed by atoms with Gasteiger partial charge in [-0.25, -0.2) is 9.59 Å². The average Bonchev–Trinajstić information content (AvgIpc) is 2.14. The van der Waals surface area contributed by atoms with E-state index in [-0.39, 0.29) is 12.3 Å². The Balaban J connectivity index is 4.58. The first-order valence-electron chi connectivity index (χ1n) is 4.67. The molecule has 0 spiro atoms. The molecule has 0 saturated carbocycles. The number of aliphatic carboxylic acids is 1. The molecule has 106 valence electrons. The van der Waals surface area contributed by atoms with E-state index in [0.717, 1.165) is 0 Å². The molecule has 0 aromatic carbocycles. The highest BCUT2D eigenvalue weighted by Gasteiger charge is 2.58. The molecule has 0 aliphatic heterocycles. The quantitative estimate of drug-likeness (QED) is 0.667. The van der Waals surface area contributed by atoms with E-state index in [1.165, 1.54) is 11.6 Å². The third-order valence-electron chi connectivity index (χ3n) is 2.03. The summed E-state index contributed by atoms with van der Waals surface area (Å²) in [6.45, 7) is 0.218. The lowest BCUT2D eigenvalue weighted by atomic mass is 10.0. The highest BCUT2D eigenvalue weighted by Crippen LogP contribution is 2.30. The minimum atomic E-state index is -5.14. The van der Waals surface area contributed by atoms with Gasteiger partial charge in [-0.05, 0) is 6.92 Å². The van der Waals surface area contributed by atoms with Gasteiger partial charge in [0.15, 0.2) is 0 Å². The van der Waals surface area contributed by atoms with Gasteiger partial charge in [0.1, 0.15) is 0 Å². The maximum atomic E-state index is 12.5. The second kappa shape index (κ2) is 6.03. The van der Waals surface area contributed by atoms with Crippen molar-refractivity contribution in [3.63, 3.8) is 0 Å². The fourth-order valence-corrected chi connectivity index (χ4v) is 1.21. The minimum Gasteiger partial charge on any atom is -0.479 e. The van der Waals surface area contributed by atoms with Crippen LogP contribution in [0.3, 0.4) is 0 Å². The number of amides is 2. The van der Waals surface area contributed by atoms with Gasteiger partial charge in [0.2, 0.25) is 5.54 Å². The largest absolute Gasteiger partial charge is 0.479 e. The lowest BCUT2D eigenvalue weighted by Gasteiger charge is -2.28. The fourth-order valence-electron chi connectivity index (χ4n) is 0.825. The summed E-state index contributed by atoms with van der Waals surface area (Å²) in [4.78, 5) is 21.7. The van der Waals surface area contributed by atoms with Crippen molar-refractivity contribution in [2.75, 3.05) is 18.6 Å². The van der Waals surface area contributed by atoms with Gasteiger partial charge >= 0.3 is 18.2 Å². The number of carbonyl (C=O) groups excluding carboxylic acids is 1. The van der Waals surface area contributed by atoms with Gasteiger partial charge in [-0.3, -0.25) is 4.21 Å². The highest BCUT2D eigenvalue weighted by atomic mass is 32.2. The first kappa shape index (κ1) is 16.7. The maximum absolute atomic E-state index is 12.5. The molecule has 0 aliphatic carbocycles. The van der Waals surface area contributed by atoms with Gasteiger partial charge < -0.3 is 15.7 Å². The highest BCUT2D eigenvalue weighted by molar-refractivity contribution is 7.84. The van der Waals surface area contributed by atoms with E-state index in [0.29, 0.717) is 6.92 Å². The van der Waals surface area contributed by atoms with E-state index >= 15 is 0 Å². The molecule has 0 rings (SSSR count). The Morgan fingerprint density at radius 3 is 2.17 bits per heavy atom. The SMILES string of the molecule is CS(=O)CCNC(=O)NC(C)(C(=O)O)C(F)(F)F. The molecule has 0 bridgehead atoms. The minimum absolute atomic E-state index is 0.0588. The molecule has 2 unspecified atom stereocenters. The second-order valence-corrected chi connectivity index (χ2v) is 5.14. The molecule has 3 N–H and O–H groups in total. The number of carboxylic acids is 1. The molecule has 18 heavy (non-hydrogen) atoms. The lowest BCUT2D eigenvalue weighted by molar-refractivity contribution is -0.203. The van der Waals surface area contributed by atoms with Gasteiger partial charge in [-0.1, -0.05) is 0 Å². The van der Waals surface area contributed by atoms with Gasteiger partial charge in [-0.15, -0.1) is 0 Å². The molecule has 0 aromatic heterocycles. The molecule has 6 nitrogen and oxygen atoms in total. The number of urea groups is 1. The summed E-state index contributed by atoms with van der Waals surface area (Å²) in [5.74, 6) is -2.16. The summed E-state index contributed by atoms with van der Waals surface area (Å²) >= 11 is 0. The summed E-state index contributed by atoms with van der Waals surface area (Å²) < 4.78 is 48.1. The number of hydrogen-bond acceptors (Lipinski definition) is 3. The van der Waals surface area contributed by atoms with Crippen molar-refractivity contribution >= 4 is 22.8 Å². The molecular weight excluding hydrogens is 277 g/mol. The lowest BCUT2D eigenvalue weighted by Crippen LogP contribution is -2.63. The number of hydrogen-bond donors (Lipinski definition) is 3. The van der Waals surface area contributed by atoms with Crippen molar-refractivity contribution in [3.05, 3.63) is 0 Å². The van der Waals surface area contributed by atoms with Crippen LogP contribution >= 0.6 is 0 Å². The monoisotopic (exact) mass is 290 g/mol. The van der Waals surface area contributed by atoms with Gasteiger partial charge in [0.25, 0.3) is 0 Å². The summed E-state index contributed by atoms with van der Waals surface area (Å²) in [6, 6.07) is -1.29. The number of nitrogens with one attached hydrogen (secondary N) is 2.